The Bertz CT molecular complexity index is 1460. The fraction of sp³-hybridized carbons (Fsp3) is 0.429. The zero-order valence-electron chi connectivity index (χ0n) is 22.4. The number of nitrogens with zero attached hydrogens (tertiary/aromatic N) is 1. The minimum absolute atomic E-state index is 0.160. The molecule has 2 aromatic carbocycles. The van der Waals surface area contributed by atoms with Gasteiger partial charge in [-0.05, 0) is 70.2 Å². The van der Waals surface area contributed by atoms with E-state index in [0.29, 0.717) is 23.5 Å². The molecule has 4 rings (SSSR count). The van der Waals surface area contributed by atoms with Gasteiger partial charge in [0, 0.05) is 11.3 Å². The molecule has 38 heavy (non-hydrogen) atoms. The molecule has 0 radical (unpaired) electrons. The first-order valence-corrected chi connectivity index (χ1v) is 14.0. The van der Waals surface area contributed by atoms with Crippen molar-refractivity contribution in [1.29, 1.82) is 0 Å². The van der Waals surface area contributed by atoms with Crippen LogP contribution in [0, 0.1) is 11.8 Å². The van der Waals surface area contributed by atoms with Gasteiger partial charge in [-0.2, -0.15) is 8.42 Å². The normalized spacial score (nSPS) is 22.2. The number of benzene rings is 2. The Labute approximate surface area is 223 Å². The second-order valence-corrected chi connectivity index (χ2v) is 13.0. The second-order valence-electron chi connectivity index (χ2n) is 11.4. The van der Waals surface area contributed by atoms with Crippen LogP contribution in [-0.4, -0.2) is 37.5 Å². The topological polar surface area (TPSA) is 131 Å². The predicted octanol–water partition coefficient (Wildman–Crippen LogP) is 5.32. The van der Waals surface area contributed by atoms with Crippen molar-refractivity contribution in [3.05, 3.63) is 53.6 Å². The first kappa shape index (κ1) is 27.5. The van der Waals surface area contributed by atoms with Gasteiger partial charge in [0.15, 0.2) is 11.6 Å². The number of ether oxygens (including phenoxy) is 1. The summed E-state index contributed by atoms with van der Waals surface area (Å²) in [7, 11) is -4.29. The summed E-state index contributed by atoms with van der Waals surface area (Å²) < 4.78 is 35.6. The minimum atomic E-state index is -4.29. The number of ketones is 2. The lowest BCUT2D eigenvalue weighted by molar-refractivity contribution is -0.125. The highest BCUT2D eigenvalue weighted by Gasteiger charge is 2.51. The van der Waals surface area contributed by atoms with Crippen molar-refractivity contribution < 1.29 is 27.5 Å². The van der Waals surface area contributed by atoms with Crippen LogP contribution in [0.15, 0.2) is 51.8 Å². The van der Waals surface area contributed by atoms with Crippen molar-refractivity contribution >= 4 is 44.9 Å². The van der Waals surface area contributed by atoms with E-state index in [1.807, 2.05) is 6.92 Å². The van der Waals surface area contributed by atoms with Crippen molar-refractivity contribution in [2.75, 3.05) is 10.6 Å². The van der Waals surface area contributed by atoms with Gasteiger partial charge in [0.1, 0.15) is 22.3 Å². The van der Waals surface area contributed by atoms with E-state index in [1.54, 1.807) is 45.0 Å². The summed E-state index contributed by atoms with van der Waals surface area (Å²) in [6.07, 6.45) is 0.535. The molecule has 2 atom stereocenters. The zero-order chi connectivity index (χ0) is 28.0. The van der Waals surface area contributed by atoms with Gasteiger partial charge in [-0.15, -0.1) is 4.40 Å². The van der Waals surface area contributed by atoms with Crippen molar-refractivity contribution in [2.24, 2.45) is 16.2 Å². The number of hydrogen-bond acceptors (Lipinski definition) is 7. The van der Waals surface area contributed by atoms with E-state index in [1.165, 1.54) is 18.2 Å². The maximum Gasteiger partial charge on any atom is 0.412 e. The number of rotatable bonds is 5. The molecule has 2 aliphatic rings. The molecule has 2 aromatic rings. The van der Waals surface area contributed by atoms with Gasteiger partial charge >= 0.3 is 6.09 Å². The maximum atomic E-state index is 13.9. The van der Waals surface area contributed by atoms with Gasteiger partial charge in [-0.1, -0.05) is 38.1 Å². The molecule has 202 valence electrons. The Kier molecular flexibility index (Phi) is 6.98. The van der Waals surface area contributed by atoms with E-state index in [2.05, 4.69) is 28.9 Å². The molecule has 0 saturated heterocycles. The molecule has 0 aromatic heterocycles. The van der Waals surface area contributed by atoms with Crippen LogP contribution in [0.5, 0.6) is 0 Å². The van der Waals surface area contributed by atoms with Gasteiger partial charge in [0.05, 0.1) is 11.1 Å². The number of nitrogens with one attached hydrogen (secondary N) is 2. The number of fused-ring (bicyclic) bond motifs is 2. The Hall–Kier alpha value is -3.53. The van der Waals surface area contributed by atoms with Crippen molar-refractivity contribution in [2.45, 2.75) is 70.3 Å². The van der Waals surface area contributed by atoms with Gasteiger partial charge in [-0.25, -0.2) is 4.79 Å². The van der Waals surface area contributed by atoms with Crippen molar-refractivity contribution in [1.82, 2.24) is 0 Å². The van der Waals surface area contributed by atoms with E-state index < -0.39 is 38.8 Å². The van der Waals surface area contributed by atoms with Crippen LogP contribution in [0.1, 0.15) is 70.3 Å². The summed E-state index contributed by atoms with van der Waals surface area (Å²) in [6.45, 7) is 11.1. The molecule has 9 nitrogen and oxygen atoms in total. The average molecular weight is 540 g/mol. The summed E-state index contributed by atoms with van der Waals surface area (Å²) in [4.78, 5) is 39.5. The monoisotopic (exact) mass is 539 g/mol. The highest BCUT2D eigenvalue weighted by atomic mass is 32.2. The third-order valence-electron chi connectivity index (χ3n) is 6.74. The van der Waals surface area contributed by atoms with Gasteiger partial charge in [0.25, 0.3) is 10.0 Å². The Morgan fingerprint density at radius 2 is 1.84 bits per heavy atom. The summed E-state index contributed by atoms with van der Waals surface area (Å²) >= 11 is 0. The lowest BCUT2D eigenvalue weighted by atomic mass is 9.63. The number of anilines is 2. The summed E-state index contributed by atoms with van der Waals surface area (Å²) in [5.41, 5.74) is -0.297. The fourth-order valence-corrected chi connectivity index (χ4v) is 5.97. The molecule has 0 fully saturated rings. The van der Waals surface area contributed by atoms with Crippen LogP contribution in [0.25, 0.3) is 0 Å². The van der Waals surface area contributed by atoms with Crippen LogP contribution in [-0.2, 0) is 25.0 Å². The average Bonchev–Trinajstić information content (AvgIpc) is 2.80. The molecule has 0 saturated carbocycles. The SMILES string of the molecule is CC(C)CC[C@@]1(C)C(=O)C(C2=NS(=O)(=O)c3cc(NC(=O)OC(C)(C)C)ccc3N2)C(=O)c2ccccc21. The molecule has 0 bridgehead atoms. The molecular formula is C28H33N3O6S. The second kappa shape index (κ2) is 9.65. The maximum absolute atomic E-state index is 13.9. The van der Waals surface area contributed by atoms with Crippen molar-refractivity contribution in [3.8, 4) is 0 Å². The fourth-order valence-electron chi connectivity index (χ4n) is 4.79. The van der Waals surface area contributed by atoms with E-state index in [9.17, 15) is 22.8 Å². The number of hydrogen-bond donors (Lipinski definition) is 2. The lowest BCUT2D eigenvalue weighted by Crippen LogP contribution is -2.51. The Morgan fingerprint density at radius 3 is 2.50 bits per heavy atom. The summed E-state index contributed by atoms with van der Waals surface area (Å²) in [5.74, 6) is -2.13. The predicted molar refractivity (Wildman–Crippen MR) is 145 cm³/mol. The Morgan fingerprint density at radius 1 is 1.16 bits per heavy atom. The first-order chi connectivity index (χ1) is 17.6. The standard InChI is InChI=1S/C28H33N3O6S/c1-16(2)13-14-28(6)19-10-8-7-9-18(19)23(32)22(24(28)33)25-30-20-12-11-17(15-21(20)38(35,36)31-25)29-26(34)37-27(3,4)5/h7-12,15-16,22H,13-14H2,1-6H3,(H,29,34)(H,30,31)/t22?,28-/m1/s1. The number of Topliss-reactive ketones (excluding diaryl/α,β-unsaturated/α-hetero) is 2. The minimum Gasteiger partial charge on any atom is -0.444 e. The molecule has 1 heterocycles. The van der Waals surface area contributed by atoms with Crippen LogP contribution in [0.2, 0.25) is 0 Å². The Balaban J connectivity index is 1.71. The number of carbonyl (C=O) groups excluding carboxylic acids is 3. The van der Waals surface area contributed by atoms with Crippen LogP contribution in [0.3, 0.4) is 0 Å². The third kappa shape index (κ3) is 5.22. The van der Waals surface area contributed by atoms with E-state index in [0.717, 1.165) is 6.42 Å². The molecule has 0 spiro atoms. The number of carbonyl (C=O) groups is 3. The molecule has 1 unspecified atom stereocenters. The third-order valence-corrected chi connectivity index (χ3v) is 8.07. The van der Waals surface area contributed by atoms with Gasteiger partial charge < -0.3 is 10.1 Å². The molecule has 10 heteroatoms. The zero-order valence-corrected chi connectivity index (χ0v) is 23.2. The van der Waals surface area contributed by atoms with Gasteiger partial charge in [-0.3, -0.25) is 14.9 Å². The molecule has 1 aliphatic carbocycles. The lowest BCUT2D eigenvalue weighted by Gasteiger charge is -2.39. The summed E-state index contributed by atoms with van der Waals surface area (Å²) in [6, 6.07) is 11.2. The molecule has 1 aliphatic heterocycles. The largest absolute Gasteiger partial charge is 0.444 e. The smallest absolute Gasteiger partial charge is 0.412 e. The van der Waals surface area contributed by atoms with E-state index in [4.69, 9.17) is 4.74 Å². The number of amidine groups is 1. The highest BCUT2D eigenvalue weighted by Crippen LogP contribution is 2.43. The highest BCUT2D eigenvalue weighted by molar-refractivity contribution is 7.90. The van der Waals surface area contributed by atoms with Crippen LogP contribution in [0.4, 0.5) is 16.2 Å². The molecular weight excluding hydrogens is 506 g/mol. The van der Waals surface area contributed by atoms with Crippen LogP contribution < -0.4 is 10.6 Å². The van der Waals surface area contributed by atoms with Crippen molar-refractivity contribution in [3.63, 3.8) is 0 Å². The quantitative estimate of drug-likeness (QED) is 0.492. The van der Waals surface area contributed by atoms with E-state index >= 15 is 0 Å². The van der Waals surface area contributed by atoms with E-state index in [-0.39, 0.29) is 27.9 Å². The first-order valence-electron chi connectivity index (χ1n) is 12.6. The summed E-state index contributed by atoms with van der Waals surface area (Å²) in [5, 5.41) is 5.43. The van der Waals surface area contributed by atoms with Gasteiger partial charge in [0.2, 0.25) is 0 Å². The number of sulfonamides is 1. The number of amides is 1. The molecule has 2 N–H and O–H groups in total. The van der Waals surface area contributed by atoms with Crippen LogP contribution >= 0.6 is 0 Å². The molecule has 1 amide bonds.